The summed E-state index contributed by atoms with van der Waals surface area (Å²) in [6.45, 7) is 4.52. The number of rotatable bonds is 17. The maximum absolute atomic E-state index is 15.3. The van der Waals surface area contributed by atoms with Crippen LogP contribution >= 0.6 is 11.8 Å². The van der Waals surface area contributed by atoms with Gasteiger partial charge in [-0.1, -0.05) is 25.6 Å². The van der Waals surface area contributed by atoms with Crippen molar-refractivity contribution in [2.75, 3.05) is 36.6 Å². The van der Waals surface area contributed by atoms with Crippen LogP contribution in [0.5, 0.6) is 23.0 Å². The molecule has 0 radical (unpaired) electrons. The van der Waals surface area contributed by atoms with Crippen LogP contribution < -0.4 is 30.2 Å². The number of aromatic nitrogens is 1. The van der Waals surface area contributed by atoms with Gasteiger partial charge in [0.1, 0.15) is 17.0 Å². The fourth-order valence-electron chi connectivity index (χ4n) is 5.15. The average molecular weight is 735 g/mol. The smallest absolute Gasteiger partial charge is 0.240 e. The van der Waals surface area contributed by atoms with E-state index in [1.165, 1.54) is 49.7 Å². The Morgan fingerprint density at radius 2 is 1.56 bits per heavy atom. The minimum Gasteiger partial charge on any atom is -0.493 e. The largest absolute Gasteiger partial charge is 0.493 e. The zero-order valence-corrected chi connectivity index (χ0v) is 29.9. The molecule has 3 amide bonds. The maximum atomic E-state index is 15.3. The lowest BCUT2D eigenvalue weighted by molar-refractivity contribution is -0.131. The van der Waals surface area contributed by atoms with Gasteiger partial charge in [-0.2, -0.15) is 0 Å². The zero-order valence-electron chi connectivity index (χ0n) is 29.1. The molecule has 1 saturated carbocycles. The van der Waals surface area contributed by atoms with Gasteiger partial charge in [-0.05, 0) is 80.6 Å². The molecule has 0 bridgehead atoms. The van der Waals surface area contributed by atoms with Crippen LogP contribution in [0.4, 0.5) is 20.2 Å². The Bertz CT molecular complexity index is 1940. The van der Waals surface area contributed by atoms with Gasteiger partial charge >= 0.3 is 0 Å². The highest BCUT2D eigenvalue weighted by Crippen LogP contribution is 2.47. The van der Waals surface area contributed by atoms with Crippen LogP contribution in [-0.2, 0) is 19.2 Å². The Hall–Kier alpha value is -5.24. The average Bonchev–Trinajstić information content (AvgIpc) is 3.94. The lowest BCUT2D eigenvalue weighted by Crippen LogP contribution is -2.35. The minimum atomic E-state index is -1.30. The molecule has 1 fully saturated rings. The summed E-state index contributed by atoms with van der Waals surface area (Å²) in [5, 5.41) is 8.64. The lowest BCUT2D eigenvalue weighted by atomic mass is 10.0. The summed E-state index contributed by atoms with van der Waals surface area (Å²) < 4.78 is 46.0. The first-order valence-corrected chi connectivity index (χ1v) is 17.9. The Labute approximate surface area is 304 Å². The van der Waals surface area contributed by atoms with Gasteiger partial charge in [0.25, 0.3) is 0 Å². The van der Waals surface area contributed by atoms with E-state index in [1.54, 1.807) is 32.0 Å². The second kappa shape index (κ2) is 17.3. The highest BCUT2D eigenvalue weighted by molar-refractivity contribution is 8.14. The molecule has 4 aromatic rings. The molecule has 0 atom stereocenters. The van der Waals surface area contributed by atoms with Gasteiger partial charge in [0.15, 0.2) is 28.2 Å². The number of hydrogen-bond acceptors (Lipinski definition) is 9. The number of pyridine rings is 1. The molecule has 0 spiro atoms. The van der Waals surface area contributed by atoms with E-state index in [9.17, 15) is 23.6 Å². The Morgan fingerprint density at radius 1 is 0.846 bits per heavy atom. The van der Waals surface area contributed by atoms with Crippen molar-refractivity contribution in [3.63, 3.8) is 0 Å². The van der Waals surface area contributed by atoms with Gasteiger partial charge in [0.2, 0.25) is 17.7 Å². The predicted molar refractivity (Wildman–Crippen MR) is 195 cm³/mol. The standard InChI is InChI=1S/C38H40F2N4O7S/c1-23(2)35(46)52-22-34(45)42-16-5-4-6-18-50-33-21-29-27(20-32(33)49-3)30(13-17-41-29)51-31-12-11-26(19-28(31)40)44-37(48)38(14-15-38)36(47)43-25-9-7-24(39)8-10-25/h7-13,17,19-21,23H,4-6,14-16,18,22H2,1-3H3,(H,42,45)(H,43,47)(H,44,48). The number of nitrogens with zero attached hydrogens (tertiary/aromatic N) is 1. The number of fused-ring (bicyclic) bond motifs is 1. The molecule has 1 aromatic heterocycles. The van der Waals surface area contributed by atoms with Gasteiger partial charge in [-0.25, -0.2) is 8.78 Å². The Kier molecular flexibility index (Phi) is 12.7. The SMILES string of the molecule is COc1cc2c(Oc3ccc(NC(=O)C4(C(=O)Nc5ccc(F)cc5)CC4)cc3F)ccnc2cc1OCCCCCNC(=O)CSC(=O)C(C)C. The summed E-state index contributed by atoms with van der Waals surface area (Å²) in [6.07, 6.45) is 4.48. The third kappa shape index (κ3) is 9.75. The van der Waals surface area contributed by atoms with Crippen LogP contribution in [0.1, 0.15) is 46.0 Å². The zero-order chi connectivity index (χ0) is 37.3. The third-order valence-electron chi connectivity index (χ3n) is 8.34. The van der Waals surface area contributed by atoms with Crippen molar-refractivity contribution in [3.05, 3.63) is 78.5 Å². The Balaban J connectivity index is 1.14. The van der Waals surface area contributed by atoms with Crippen molar-refractivity contribution in [2.24, 2.45) is 11.3 Å². The number of thioether (sulfide) groups is 1. The molecule has 274 valence electrons. The number of ether oxygens (including phenoxy) is 3. The number of amides is 3. The number of halogens is 2. The normalized spacial score (nSPS) is 13.0. The quantitative estimate of drug-likeness (QED) is 0.0755. The van der Waals surface area contributed by atoms with Crippen LogP contribution in [0, 0.1) is 23.0 Å². The summed E-state index contributed by atoms with van der Waals surface area (Å²) in [4.78, 5) is 53.9. The van der Waals surface area contributed by atoms with E-state index >= 15 is 4.39 Å². The number of anilines is 2. The molecule has 0 aliphatic heterocycles. The van der Waals surface area contributed by atoms with Crippen LogP contribution in [0.3, 0.4) is 0 Å². The number of hydrogen-bond donors (Lipinski definition) is 3. The van der Waals surface area contributed by atoms with Gasteiger partial charge in [-0.15, -0.1) is 0 Å². The topological polar surface area (TPSA) is 145 Å². The number of carbonyl (C=O) groups is 4. The summed E-state index contributed by atoms with van der Waals surface area (Å²) in [5.41, 5.74) is -0.255. The molecule has 1 aliphatic rings. The van der Waals surface area contributed by atoms with Gasteiger partial charge in [-0.3, -0.25) is 24.2 Å². The molecule has 11 nitrogen and oxygen atoms in total. The molecule has 0 saturated heterocycles. The highest BCUT2D eigenvalue weighted by Gasteiger charge is 2.56. The fourth-order valence-corrected chi connectivity index (χ4v) is 5.86. The molecule has 3 N–H and O–H groups in total. The first kappa shape index (κ1) is 38.0. The molecule has 5 rings (SSSR count). The number of carbonyl (C=O) groups excluding carboxylic acids is 4. The van der Waals surface area contributed by atoms with E-state index in [-0.39, 0.29) is 34.1 Å². The number of benzene rings is 3. The van der Waals surface area contributed by atoms with Crippen LogP contribution in [-0.4, -0.2) is 53.8 Å². The molecular weight excluding hydrogens is 695 g/mol. The first-order chi connectivity index (χ1) is 25.0. The van der Waals surface area contributed by atoms with Crippen molar-refractivity contribution in [1.29, 1.82) is 0 Å². The van der Waals surface area contributed by atoms with E-state index in [2.05, 4.69) is 20.9 Å². The fraction of sp³-hybridized carbons (Fsp3) is 0.342. The van der Waals surface area contributed by atoms with E-state index in [0.29, 0.717) is 59.8 Å². The summed E-state index contributed by atoms with van der Waals surface area (Å²) in [5.74, 6) is -1.30. The number of methoxy groups -OCH3 is 1. The second-order valence-electron chi connectivity index (χ2n) is 12.6. The molecule has 1 heterocycles. The molecule has 0 unspecified atom stereocenters. The van der Waals surface area contributed by atoms with Crippen molar-refractivity contribution in [3.8, 4) is 23.0 Å². The van der Waals surface area contributed by atoms with E-state index in [4.69, 9.17) is 14.2 Å². The van der Waals surface area contributed by atoms with Crippen molar-refractivity contribution in [1.82, 2.24) is 10.3 Å². The van der Waals surface area contributed by atoms with E-state index < -0.39 is 28.9 Å². The molecule has 3 aromatic carbocycles. The molecule has 14 heteroatoms. The van der Waals surface area contributed by atoms with Gasteiger partial charge in [0, 0.05) is 47.6 Å². The number of nitrogens with one attached hydrogen (secondary N) is 3. The molecule has 52 heavy (non-hydrogen) atoms. The van der Waals surface area contributed by atoms with Gasteiger partial charge in [0.05, 0.1) is 25.0 Å². The molecule has 1 aliphatic carbocycles. The first-order valence-electron chi connectivity index (χ1n) is 16.9. The monoisotopic (exact) mass is 734 g/mol. The van der Waals surface area contributed by atoms with Crippen LogP contribution in [0.25, 0.3) is 10.9 Å². The maximum Gasteiger partial charge on any atom is 0.240 e. The van der Waals surface area contributed by atoms with Crippen molar-refractivity contribution < 1.29 is 42.2 Å². The third-order valence-corrected chi connectivity index (χ3v) is 9.50. The Morgan fingerprint density at radius 3 is 2.23 bits per heavy atom. The minimum absolute atomic E-state index is 0.00275. The van der Waals surface area contributed by atoms with Crippen molar-refractivity contribution in [2.45, 2.75) is 46.0 Å². The van der Waals surface area contributed by atoms with E-state index in [0.717, 1.165) is 37.1 Å². The highest BCUT2D eigenvalue weighted by atomic mass is 32.2. The summed E-state index contributed by atoms with van der Waals surface area (Å²) in [6, 6.07) is 14.2. The molecular formula is C38H40F2N4O7S. The summed E-state index contributed by atoms with van der Waals surface area (Å²) in [7, 11) is 1.51. The van der Waals surface area contributed by atoms with Crippen molar-refractivity contribution >= 4 is 56.9 Å². The van der Waals surface area contributed by atoms with Crippen LogP contribution in [0.15, 0.2) is 66.9 Å². The van der Waals surface area contributed by atoms with Crippen LogP contribution in [0.2, 0.25) is 0 Å². The van der Waals surface area contributed by atoms with E-state index in [1.807, 2.05) is 0 Å². The summed E-state index contributed by atoms with van der Waals surface area (Å²) >= 11 is 1.03. The lowest BCUT2D eigenvalue weighted by Gasteiger charge is -2.16. The predicted octanol–water partition coefficient (Wildman–Crippen LogP) is 7.25. The van der Waals surface area contributed by atoms with Gasteiger partial charge < -0.3 is 30.2 Å². The number of unbranched alkanes of at least 4 members (excludes halogenated alkanes) is 2. The second-order valence-corrected chi connectivity index (χ2v) is 13.6.